The Balaban J connectivity index is 1.40. The first-order valence-electron chi connectivity index (χ1n) is 19.3. The van der Waals surface area contributed by atoms with Gasteiger partial charge in [-0.1, -0.05) is 136 Å². The highest BCUT2D eigenvalue weighted by atomic mass is 14.8. The molecule has 8 aromatic rings. The molecule has 4 heteroatoms. The molecule has 0 saturated heterocycles. The number of hydrogen-bond donors (Lipinski definition) is 4. The second-order valence-corrected chi connectivity index (χ2v) is 15.8. The summed E-state index contributed by atoms with van der Waals surface area (Å²) in [6.07, 6.45) is 0.996. The highest BCUT2D eigenvalue weighted by Crippen LogP contribution is 2.30. The minimum Gasteiger partial charge on any atom is -0.354 e. The van der Waals surface area contributed by atoms with Crippen molar-refractivity contribution in [3.8, 4) is 0 Å². The zero-order valence-corrected chi connectivity index (χ0v) is 32.1. The summed E-state index contributed by atoms with van der Waals surface area (Å²) in [5, 5.41) is 4.18. The van der Waals surface area contributed by atoms with Crippen molar-refractivity contribution in [1.82, 2.24) is 19.9 Å². The van der Waals surface area contributed by atoms with Crippen LogP contribution in [0.1, 0.15) is 89.4 Å². The maximum absolute atomic E-state index is 3.92. The van der Waals surface area contributed by atoms with Gasteiger partial charge in [-0.15, -0.1) is 0 Å². The van der Waals surface area contributed by atoms with Crippen LogP contribution in [0.2, 0.25) is 0 Å². The second-order valence-electron chi connectivity index (χ2n) is 15.8. The number of H-pyrrole nitrogens is 4. The molecule has 8 bridgehead atoms. The van der Waals surface area contributed by atoms with Gasteiger partial charge in [0.25, 0.3) is 0 Å². The van der Waals surface area contributed by atoms with Crippen molar-refractivity contribution in [2.75, 3.05) is 0 Å². The van der Waals surface area contributed by atoms with Gasteiger partial charge in [0.15, 0.2) is 0 Å². The summed E-state index contributed by atoms with van der Waals surface area (Å²) in [7, 11) is 0. The van der Waals surface area contributed by atoms with E-state index in [9.17, 15) is 0 Å². The largest absolute Gasteiger partial charge is 0.354 e. The van der Waals surface area contributed by atoms with Crippen LogP contribution in [0.3, 0.4) is 0 Å². The molecule has 0 unspecified atom stereocenters. The molecule has 5 heterocycles. The molecule has 0 atom stereocenters. The van der Waals surface area contributed by atoms with Gasteiger partial charge in [0.05, 0.1) is 0 Å². The summed E-state index contributed by atoms with van der Waals surface area (Å²) in [5.74, 6) is 0. The van der Waals surface area contributed by atoms with Crippen molar-refractivity contribution in [1.29, 1.82) is 0 Å². The molecule has 1 aliphatic rings. The zero-order chi connectivity index (χ0) is 37.7. The van der Waals surface area contributed by atoms with Gasteiger partial charge < -0.3 is 19.9 Å². The molecule has 270 valence electrons. The van der Waals surface area contributed by atoms with E-state index in [1.165, 1.54) is 16.7 Å². The van der Waals surface area contributed by atoms with Crippen molar-refractivity contribution in [2.45, 2.75) is 46.5 Å². The number of rotatable bonds is 5. The monoisotopic (exact) mass is 714 g/mol. The maximum atomic E-state index is 3.92. The van der Waals surface area contributed by atoms with Crippen molar-refractivity contribution < 1.29 is 0 Å². The van der Waals surface area contributed by atoms with Gasteiger partial charge in [0, 0.05) is 66.5 Å². The molecule has 0 aliphatic carbocycles. The van der Waals surface area contributed by atoms with Gasteiger partial charge >= 0.3 is 0 Å². The smallest absolute Gasteiger partial charge is 0.0485 e. The number of benzene rings is 4. The lowest BCUT2D eigenvalue weighted by Crippen LogP contribution is -2.19. The van der Waals surface area contributed by atoms with Crippen LogP contribution in [0.4, 0.5) is 0 Å². The fourth-order valence-electron chi connectivity index (χ4n) is 7.94. The Morgan fingerprint density at radius 1 is 0.382 bits per heavy atom. The number of nitrogens with one attached hydrogen (secondary N) is 4. The third-order valence-corrected chi connectivity index (χ3v) is 11.0. The first-order chi connectivity index (χ1) is 26.7. The Hall–Kier alpha value is -6.52. The number of aryl methyl sites for hydroxylation is 2. The van der Waals surface area contributed by atoms with Crippen LogP contribution in [-0.2, 0) is 11.8 Å². The molecule has 1 aliphatic heterocycles. The fourth-order valence-corrected chi connectivity index (χ4v) is 7.94. The molecule has 4 nitrogen and oxygen atoms in total. The average molecular weight is 715 g/mol. The van der Waals surface area contributed by atoms with Crippen LogP contribution in [0, 0.1) is 6.92 Å². The maximum Gasteiger partial charge on any atom is 0.0485 e. The van der Waals surface area contributed by atoms with E-state index < -0.39 is 0 Å². The molecule has 4 N–H and O–H groups in total. The van der Waals surface area contributed by atoms with E-state index in [4.69, 9.17) is 0 Å². The molecule has 0 radical (unpaired) electrons. The standard InChI is InChI=1S/C51H46N4/c1-6-33-14-18-36(19-15-33)49-43-27-25-40(53-43)47(34-10-8-7-9-11-34)39-24-26-41(52-39)48(35-16-12-32(2)13-17-35)42-28-30-45(54-42)50(46-31-29-44(49)55-46)37-20-22-38(23-21-37)51(3,4)5/h7-31,52-55H,6H2,1-5H3. The van der Waals surface area contributed by atoms with Crippen LogP contribution >= 0.6 is 0 Å². The lowest BCUT2D eigenvalue weighted by atomic mass is 9.86. The van der Waals surface area contributed by atoms with E-state index in [-0.39, 0.29) is 5.41 Å². The quantitative estimate of drug-likeness (QED) is 0.138. The molecule has 4 aromatic carbocycles. The van der Waals surface area contributed by atoms with Gasteiger partial charge in [-0.05, 0) is 101 Å². The van der Waals surface area contributed by atoms with Crippen LogP contribution < -0.4 is 21.4 Å². The summed E-state index contributed by atoms with van der Waals surface area (Å²) < 4.78 is 0. The SMILES string of the molecule is CCc1ccc(C2=c3ccc([nH]3)=C(c3ccc(C(C)(C)C)cc3)c3ccc([nH]3)C(c3ccc(C)cc3)=c3ccc([nH]3)=C(c3ccccc3)c3ccc2[nH]3)cc1. The summed E-state index contributed by atoms with van der Waals surface area (Å²) in [4.78, 5) is 15.6. The van der Waals surface area contributed by atoms with Crippen molar-refractivity contribution >= 4 is 22.3 Å². The van der Waals surface area contributed by atoms with Crippen LogP contribution in [0.25, 0.3) is 22.3 Å². The van der Waals surface area contributed by atoms with Gasteiger partial charge in [0.2, 0.25) is 0 Å². The Kier molecular flexibility index (Phi) is 8.54. The number of hydrogen-bond acceptors (Lipinski definition) is 0. The lowest BCUT2D eigenvalue weighted by Gasteiger charge is -2.19. The molecular formula is C51H46N4. The number of aromatic amines is 4. The van der Waals surface area contributed by atoms with Crippen LogP contribution in [0.5, 0.6) is 0 Å². The van der Waals surface area contributed by atoms with E-state index in [1.807, 2.05) is 0 Å². The van der Waals surface area contributed by atoms with E-state index >= 15 is 0 Å². The highest BCUT2D eigenvalue weighted by Gasteiger charge is 2.19. The molecule has 0 spiro atoms. The van der Waals surface area contributed by atoms with E-state index in [1.54, 1.807) is 0 Å². The molecule has 0 amide bonds. The summed E-state index contributed by atoms with van der Waals surface area (Å²) in [5.41, 5.74) is 17.1. The van der Waals surface area contributed by atoms with Crippen molar-refractivity contribution in [3.05, 3.63) is 235 Å². The first-order valence-corrected chi connectivity index (χ1v) is 19.3. The molecule has 0 saturated carbocycles. The molecule has 55 heavy (non-hydrogen) atoms. The van der Waals surface area contributed by atoms with Gasteiger partial charge in [0.1, 0.15) is 0 Å². The third kappa shape index (κ3) is 6.44. The highest BCUT2D eigenvalue weighted by molar-refractivity contribution is 5.84. The van der Waals surface area contributed by atoms with E-state index in [0.717, 1.165) is 95.1 Å². The minimum absolute atomic E-state index is 0.0551. The number of fused-ring (bicyclic) bond motifs is 8. The Morgan fingerprint density at radius 3 is 1.13 bits per heavy atom. The normalized spacial score (nSPS) is 13.1. The third-order valence-electron chi connectivity index (χ3n) is 11.0. The zero-order valence-electron chi connectivity index (χ0n) is 32.1. The Bertz CT molecular complexity index is 2900. The minimum atomic E-state index is 0.0551. The molecule has 9 rings (SSSR count). The van der Waals surface area contributed by atoms with Crippen molar-refractivity contribution in [3.63, 3.8) is 0 Å². The van der Waals surface area contributed by atoms with Gasteiger partial charge in [-0.2, -0.15) is 0 Å². The predicted octanol–water partition coefficient (Wildman–Crippen LogP) is 8.47. The summed E-state index contributed by atoms with van der Waals surface area (Å²) in [6.45, 7) is 11.1. The van der Waals surface area contributed by atoms with E-state index in [0.29, 0.717) is 0 Å². The lowest BCUT2D eigenvalue weighted by molar-refractivity contribution is 0.590. The number of aromatic nitrogens is 4. The van der Waals surface area contributed by atoms with Gasteiger partial charge in [-0.25, -0.2) is 0 Å². The van der Waals surface area contributed by atoms with Crippen molar-refractivity contribution in [2.24, 2.45) is 0 Å². The molecular weight excluding hydrogens is 669 g/mol. The average Bonchev–Trinajstić information content (AvgIpc) is 4.04. The predicted molar refractivity (Wildman–Crippen MR) is 227 cm³/mol. The Morgan fingerprint density at radius 2 is 0.745 bits per heavy atom. The summed E-state index contributed by atoms with van der Waals surface area (Å²) >= 11 is 0. The second kappa shape index (κ2) is 13.7. The summed E-state index contributed by atoms with van der Waals surface area (Å²) in [6, 6.07) is 55.3. The van der Waals surface area contributed by atoms with Crippen LogP contribution in [0.15, 0.2) is 152 Å². The van der Waals surface area contributed by atoms with Crippen LogP contribution in [-0.4, -0.2) is 19.9 Å². The van der Waals surface area contributed by atoms with Gasteiger partial charge in [-0.3, -0.25) is 0 Å². The Labute approximate surface area is 322 Å². The topological polar surface area (TPSA) is 63.2 Å². The fraction of sp³-hybridized carbons (Fsp3) is 0.137. The first kappa shape index (κ1) is 34.3. The van der Waals surface area contributed by atoms with E-state index in [2.05, 4.69) is 206 Å². The molecule has 4 aromatic heterocycles. The molecule has 0 fully saturated rings.